The van der Waals surface area contributed by atoms with Crippen molar-refractivity contribution in [3.05, 3.63) is 131 Å². The average Bonchev–Trinajstić information content (AvgIpc) is 2.95. The summed E-state index contributed by atoms with van der Waals surface area (Å²) in [4.78, 5) is 0. The van der Waals surface area contributed by atoms with E-state index >= 15 is 0 Å². The van der Waals surface area contributed by atoms with Crippen LogP contribution in [0.5, 0.6) is 11.5 Å². The van der Waals surface area contributed by atoms with Crippen LogP contribution >= 0.6 is 0 Å². The van der Waals surface area contributed by atoms with Crippen LogP contribution in [0.1, 0.15) is 54.7 Å². The molecule has 0 spiro atoms. The predicted octanol–water partition coefficient (Wildman–Crippen LogP) is 6.98. The second kappa shape index (κ2) is 13.9. The molecule has 0 aliphatic carbocycles. The minimum atomic E-state index is -0.723. The number of hydrogen-bond donors (Lipinski definition) is 2. The van der Waals surface area contributed by atoms with E-state index in [4.69, 9.17) is 14.2 Å². The lowest BCUT2D eigenvalue weighted by Gasteiger charge is -2.24. The SMILES string of the molecule is CC(C)(C)NCC(O)c1cc(COCc2ccccc2)c(OCc2ccccc2)c(OCc2ccccc2)c1. The Morgan fingerprint density at radius 1 is 0.667 bits per heavy atom. The molecule has 0 radical (unpaired) electrons. The fourth-order valence-electron chi connectivity index (χ4n) is 4.09. The fourth-order valence-corrected chi connectivity index (χ4v) is 4.09. The molecular formula is C34H39NO4. The summed E-state index contributed by atoms with van der Waals surface area (Å²) in [5.41, 5.74) is 4.66. The van der Waals surface area contributed by atoms with E-state index in [0.29, 0.717) is 44.5 Å². The molecule has 1 atom stereocenters. The minimum Gasteiger partial charge on any atom is -0.485 e. The molecule has 0 saturated carbocycles. The van der Waals surface area contributed by atoms with Crippen LogP contribution < -0.4 is 14.8 Å². The summed E-state index contributed by atoms with van der Waals surface area (Å²) in [6.45, 7) is 8.21. The van der Waals surface area contributed by atoms with Gasteiger partial charge in [-0.25, -0.2) is 0 Å². The zero-order valence-electron chi connectivity index (χ0n) is 23.1. The van der Waals surface area contributed by atoms with E-state index < -0.39 is 6.10 Å². The van der Waals surface area contributed by atoms with Gasteiger partial charge in [0.1, 0.15) is 13.2 Å². The first-order valence-corrected chi connectivity index (χ1v) is 13.4. The average molecular weight is 526 g/mol. The Morgan fingerprint density at radius 2 is 1.18 bits per heavy atom. The van der Waals surface area contributed by atoms with Crippen LogP contribution in [0.3, 0.4) is 0 Å². The van der Waals surface area contributed by atoms with Gasteiger partial charge in [-0.2, -0.15) is 0 Å². The summed E-state index contributed by atoms with van der Waals surface area (Å²) >= 11 is 0. The molecule has 0 saturated heterocycles. The van der Waals surface area contributed by atoms with E-state index in [9.17, 15) is 5.11 Å². The monoisotopic (exact) mass is 525 g/mol. The molecule has 2 N–H and O–H groups in total. The van der Waals surface area contributed by atoms with E-state index in [1.807, 2.05) is 103 Å². The van der Waals surface area contributed by atoms with Crippen molar-refractivity contribution in [2.24, 2.45) is 0 Å². The third-order valence-corrected chi connectivity index (χ3v) is 6.20. The predicted molar refractivity (Wildman–Crippen MR) is 156 cm³/mol. The Balaban J connectivity index is 1.64. The summed E-state index contributed by atoms with van der Waals surface area (Å²) in [7, 11) is 0. The molecule has 0 amide bonds. The van der Waals surface area contributed by atoms with Gasteiger partial charge in [-0.1, -0.05) is 91.0 Å². The van der Waals surface area contributed by atoms with Gasteiger partial charge in [0.15, 0.2) is 11.5 Å². The molecule has 0 fully saturated rings. The number of benzene rings is 4. The van der Waals surface area contributed by atoms with Gasteiger partial charge < -0.3 is 24.6 Å². The molecule has 0 aliphatic heterocycles. The number of hydrogen-bond acceptors (Lipinski definition) is 5. The topological polar surface area (TPSA) is 60.0 Å². The number of aliphatic hydroxyl groups excluding tert-OH is 1. The largest absolute Gasteiger partial charge is 0.485 e. The summed E-state index contributed by atoms with van der Waals surface area (Å²) in [6.07, 6.45) is -0.723. The van der Waals surface area contributed by atoms with Gasteiger partial charge in [0, 0.05) is 17.6 Å². The zero-order chi connectivity index (χ0) is 27.5. The van der Waals surface area contributed by atoms with Crippen LogP contribution in [0.2, 0.25) is 0 Å². The maximum Gasteiger partial charge on any atom is 0.167 e. The van der Waals surface area contributed by atoms with Crippen molar-refractivity contribution >= 4 is 0 Å². The van der Waals surface area contributed by atoms with E-state index in [0.717, 1.165) is 27.8 Å². The Labute approximate surface area is 232 Å². The van der Waals surface area contributed by atoms with E-state index in [1.54, 1.807) is 0 Å². The molecule has 5 nitrogen and oxygen atoms in total. The van der Waals surface area contributed by atoms with Crippen LogP contribution in [0.25, 0.3) is 0 Å². The molecule has 0 bridgehead atoms. The van der Waals surface area contributed by atoms with Gasteiger partial charge in [0.05, 0.1) is 19.3 Å². The smallest absolute Gasteiger partial charge is 0.167 e. The maximum atomic E-state index is 11.1. The summed E-state index contributed by atoms with van der Waals surface area (Å²) in [6, 6.07) is 34.0. The van der Waals surface area contributed by atoms with Crippen LogP contribution in [-0.4, -0.2) is 17.2 Å². The van der Waals surface area contributed by atoms with E-state index in [-0.39, 0.29) is 5.54 Å². The van der Waals surface area contributed by atoms with E-state index in [2.05, 4.69) is 26.1 Å². The molecule has 204 valence electrons. The number of aliphatic hydroxyl groups is 1. The Morgan fingerprint density at radius 3 is 1.72 bits per heavy atom. The third-order valence-electron chi connectivity index (χ3n) is 6.20. The molecule has 1 unspecified atom stereocenters. The van der Waals surface area contributed by atoms with Crippen molar-refractivity contribution in [2.75, 3.05) is 6.54 Å². The highest BCUT2D eigenvalue weighted by Crippen LogP contribution is 2.37. The fraction of sp³-hybridized carbons (Fsp3) is 0.294. The summed E-state index contributed by atoms with van der Waals surface area (Å²) in [5, 5.41) is 14.5. The normalized spacial score (nSPS) is 12.2. The highest BCUT2D eigenvalue weighted by Gasteiger charge is 2.20. The second-order valence-electron chi connectivity index (χ2n) is 10.7. The molecule has 0 aliphatic rings. The molecule has 39 heavy (non-hydrogen) atoms. The van der Waals surface area contributed by atoms with Crippen LogP contribution in [0.15, 0.2) is 103 Å². The molecule has 4 aromatic carbocycles. The standard InChI is InChI=1S/C34H39NO4/c1-34(2,3)35-21-31(36)29-19-30(25-37-22-26-13-7-4-8-14-26)33(39-24-28-17-11-6-12-18-28)32(20-29)38-23-27-15-9-5-10-16-27/h4-20,31,35-36H,21-25H2,1-3H3. The van der Waals surface area contributed by atoms with Crippen LogP contribution in [0, 0.1) is 0 Å². The van der Waals surface area contributed by atoms with Gasteiger partial charge in [0.2, 0.25) is 0 Å². The molecule has 4 aromatic rings. The number of β-amino-alcohol motifs (C(OH)–C–C–N with tert-alkyl or cyclic N) is 1. The van der Waals surface area contributed by atoms with Gasteiger partial charge in [0.25, 0.3) is 0 Å². The maximum absolute atomic E-state index is 11.1. The van der Waals surface area contributed by atoms with Crippen molar-refractivity contribution in [1.29, 1.82) is 0 Å². The Bertz CT molecular complexity index is 1270. The van der Waals surface area contributed by atoms with Crippen molar-refractivity contribution in [3.63, 3.8) is 0 Å². The van der Waals surface area contributed by atoms with Gasteiger partial charge in [-0.05, 0) is 55.2 Å². The zero-order valence-corrected chi connectivity index (χ0v) is 23.1. The lowest BCUT2D eigenvalue weighted by Crippen LogP contribution is -2.38. The lowest BCUT2D eigenvalue weighted by atomic mass is 10.0. The molecule has 0 heterocycles. The Kier molecular flexibility index (Phi) is 10.1. The van der Waals surface area contributed by atoms with Crippen molar-refractivity contribution in [2.45, 2.75) is 58.8 Å². The molecule has 0 aromatic heterocycles. The number of rotatable bonds is 13. The first-order valence-electron chi connectivity index (χ1n) is 13.4. The van der Waals surface area contributed by atoms with E-state index in [1.165, 1.54) is 0 Å². The van der Waals surface area contributed by atoms with Crippen molar-refractivity contribution in [1.82, 2.24) is 5.32 Å². The Hall–Kier alpha value is -3.64. The third kappa shape index (κ3) is 9.25. The minimum absolute atomic E-state index is 0.117. The lowest BCUT2D eigenvalue weighted by molar-refractivity contribution is 0.103. The molecule has 5 heteroatoms. The van der Waals surface area contributed by atoms with Gasteiger partial charge >= 0.3 is 0 Å². The highest BCUT2D eigenvalue weighted by atomic mass is 16.5. The first-order chi connectivity index (χ1) is 18.9. The summed E-state index contributed by atoms with van der Waals surface area (Å²) < 4.78 is 18.9. The number of nitrogens with one attached hydrogen (secondary N) is 1. The molecule has 4 rings (SSSR count). The summed E-state index contributed by atoms with van der Waals surface area (Å²) in [5.74, 6) is 1.21. The van der Waals surface area contributed by atoms with Crippen molar-refractivity contribution in [3.8, 4) is 11.5 Å². The first kappa shape index (κ1) is 28.4. The van der Waals surface area contributed by atoms with Crippen LogP contribution in [0.4, 0.5) is 0 Å². The van der Waals surface area contributed by atoms with Gasteiger partial charge in [-0.3, -0.25) is 0 Å². The number of ether oxygens (including phenoxy) is 3. The van der Waals surface area contributed by atoms with Crippen molar-refractivity contribution < 1.29 is 19.3 Å². The second-order valence-corrected chi connectivity index (χ2v) is 10.7. The highest BCUT2D eigenvalue weighted by molar-refractivity contribution is 5.50. The van der Waals surface area contributed by atoms with Crippen LogP contribution in [-0.2, 0) is 31.2 Å². The quantitative estimate of drug-likeness (QED) is 0.197. The molecular weight excluding hydrogens is 486 g/mol. The van der Waals surface area contributed by atoms with Gasteiger partial charge in [-0.15, -0.1) is 0 Å².